The number of pyridine rings is 1. The number of rotatable bonds is 4. The molecule has 0 radical (unpaired) electrons. The monoisotopic (exact) mass is 297 g/mol. The van der Waals surface area contributed by atoms with Crippen LogP contribution in [0.1, 0.15) is 11.1 Å². The zero-order chi connectivity index (χ0) is 14.7. The van der Waals surface area contributed by atoms with Crippen molar-refractivity contribution in [2.24, 2.45) is 0 Å². The quantitative estimate of drug-likeness (QED) is 0.695. The van der Waals surface area contributed by atoms with Crippen molar-refractivity contribution in [2.45, 2.75) is 18.5 Å². The summed E-state index contributed by atoms with van der Waals surface area (Å²) in [5.74, 6) is 0.853. The Morgan fingerprint density at radius 2 is 1.95 bits per heavy atom. The van der Waals surface area contributed by atoms with Crippen LogP contribution in [0.15, 0.2) is 58.6 Å². The summed E-state index contributed by atoms with van der Waals surface area (Å²) in [6.07, 6.45) is 2.65. The lowest BCUT2D eigenvalue weighted by Crippen LogP contribution is -2.19. The van der Waals surface area contributed by atoms with Crippen LogP contribution in [0.4, 0.5) is 0 Å². The maximum atomic E-state index is 11.9. The number of aromatic nitrogens is 3. The standard InChI is InChI=1S/C16H15N3OS/c1-12-7-9-19-14(11-12)17-15(18-16(19)20)21-10-8-13-5-3-2-4-6-13/h2-7,9,11H,8,10H2,1H3. The highest BCUT2D eigenvalue weighted by Crippen LogP contribution is 2.14. The first kappa shape index (κ1) is 13.8. The summed E-state index contributed by atoms with van der Waals surface area (Å²) in [5, 5.41) is 0.543. The van der Waals surface area contributed by atoms with Crippen LogP contribution in [0.2, 0.25) is 0 Å². The van der Waals surface area contributed by atoms with Crippen molar-refractivity contribution >= 4 is 17.4 Å². The van der Waals surface area contributed by atoms with Gasteiger partial charge in [-0.2, -0.15) is 4.98 Å². The highest BCUT2D eigenvalue weighted by Gasteiger charge is 2.05. The second kappa shape index (κ2) is 6.10. The van der Waals surface area contributed by atoms with Gasteiger partial charge in [0.25, 0.3) is 0 Å². The maximum absolute atomic E-state index is 11.9. The molecule has 3 aromatic rings. The van der Waals surface area contributed by atoms with Crippen molar-refractivity contribution in [2.75, 3.05) is 5.75 Å². The van der Waals surface area contributed by atoms with Crippen molar-refractivity contribution in [3.8, 4) is 0 Å². The van der Waals surface area contributed by atoms with E-state index in [0.717, 1.165) is 17.7 Å². The molecule has 0 fully saturated rings. The Morgan fingerprint density at radius 3 is 2.76 bits per heavy atom. The fraction of sp³-hybridized carbons (Fsp3) is 0.188. The van der Waals surface area contributed by atoms with E-state index in [0.29, 0.717) is 10.8 Å². The normalized spacial score (nSPS) is 10.9. The van der Waals surface area contributed by atoms with E-state index >= 15 is 0 Å². The predicted molar refractivity (Wildman–Crippen MR) is 84.9 cm³/mol. The predicted octanol–water partition coefficient (Wildman–Crippen LogP) is 2.73. The lowest BCUT2D eigenvalue weighted by Gasteiger charge is -2.04. The van der Waals surface area contributed by atoms with Gasteiger partial charge in [0.15, 0.2) is 5.16 Å². The first-order chi connectivity index (χ1) is 10.2. The number of aryl methyl sites for hydroxylation is 2. The molecule has 2 heterocycles. The van der Waals surface area contributed by atoms with E-state index in [1.807, 2.05) is 37.3 Å². The van der Waals surface area contributed by atoms with Gasteiger partial charge in [0.1, 0.15) is 5.65 Å². The topological polar surface area (TPSA) is 47.3 Å². The Morgan fingerprint density at radius 1 is 1.14 bits per heavy atom. The molecule has 0 saturated carbocycles. The summed E-state index contributed by atoms with van der Waals surface area (Å²) in [6, 6.07) is 14.0. The van der Waals surface area contributed by atoms with Gasteiger partial charge in [-0.3, -0.25) is 4.40 Å². The first-order valence-corrected chi connectivity index (χ1v) is 7.75. The fourth-order valence-electron chi connectivity index (χ4n) is 2.07. The molecule has 0 amide bonds. The number of fused-ring (bicyclic) bond motifs is 1. The van der Waals surface area contributed by atoms with Gasteiger partial charge in [0.2, 0.25) is 0 Å². The Bertz CT molecular complexity index is 815. The van der Waals surface area contributed by atoms with Crippen molar-refractivity contribution < 1.29 is 0 Å². The number of thioether (sulfide) groups is 1. The van der Waals surface area contributed by atoms with E-state index in [9.17, 15) is 4.79 Å². The lowest BCUT2D eigenvalue weighted by molar-refractivity contribution is 0.844. The van der Waals surface area contributed by atoms with Crippen molar-refractivity contribution in [1.29, 1.82) is 0 Å². The summed E-state index contributed by atoms with van der Waals surface area (Å²) in [7, 11) is 0. The molecule has 2 aromatic heterocycles. The molecular formula is C16H15N3OS. The van der Waals surface area contributed by atoms with Crippen molar-refractivity contribution in [1.82, 2.24) is 14.4 Å². The summed E-state index contributed by atoms with van der Waals surface area (Å²) in [5.41, 5.74) is 2.73. The van der Waals surface area contributed by atoms with E-state index in [4.69, 9.17) is 0 Å². The van der Waals surface area contributed by atoms with Gasteiger partial charge >= 0.3 is 5.69 Å². The minimum Gasteiger partial charge on any atom is -0.251 e. The molecule has 0 aliphatic carbocycles. The molecule has 0 spiro atoms. The molecule has 0 saturated heterocycles. The van der Waals surface area contributed by atoms with E-state index < -0.39 is 0 Å². The molecule has 5 heteroatoms. The average molecular weight is 297 g/mol. The van der Waals surface area contributed by atoms with Gasteiger partial charge in [-0.25, -0.2) is 9.78 Å². The summed E-state index contributed by atoms with van der Waals surface area (Å²) in [6.45, 7) is 1.98. The SMILES string of the molecule is Cc1ccn2c(=O)nc(SCCc3ccccc3)nc2c1. The maximum Gasteiger partial charge on any atom is 0.355 e. The molecule has 0 unspecified atom stereocenters. The summed E-state index contributed by atoms with van der Waals surface area (Å²) < 4.78 is 1.47. The van der Waals surface area contributed by atoms with E-state index in [-0.39, 0.29) is 5.69 Å². The Labute approximate surface area is 126 Å². The third-order valence-corrected chi connectivity index (χ3v) is 4.01. The fourth-order valence-corrected chi connectivity index (χ4v) is 2.89. The van der Waals surface area contributed by atoms with Crippen LogP contribution >= 0.6 is 11.8 Å². The number of benzene rings is 1. The van der Waals surface area contributed by atoms with Crippen LogP contribution < -0.4 is 5.69 Å². The van der Waals surface area contributed by atoms with E-state index in [1.165, 1.54) is 21.7 Å². The largest absolute Gasteiger partial charge is 0.355 e. The second-order valence-corrected chi connectivity index (χ2v) is 5.87. The van der Waals surface area contributed by atoms with E-state index in [2.05, 4.69) is 22.1 Å². The van der Waals surface area contributed by atoms with Crippen molar-refractivity contribution in [3.63, 3.8) is 0 Å². The molecule has 1 aromatic carbocycles. The van der Waals surface area contributed by atoms with Crippen LogP contribution in [0.25, 0.3) is 5.65 Å². The highest BCUT2D eigenvalue weighted by atomic mass is 32.2. The molecular weight excluding hydrogens is 282 g/mol. The van der Waals surface area contributed by atoms with Gasteiger partial charge in [0.05, 0.1) is 0 Å². The Balaban J connectivity index is 1.77. The third-order valence-electron chi connectivity index (χ3n) is 3.16. The van der Waals surface area contributed by atoms with Crippen LogP contribution in [0, 0.1) is 6.92 Å². The summed E-state index contributed by atoms with van der Waals surface area (Å²) >= 11 is 1.51. The second-order valence-electron chi connectivity index (χ2n) is 4.81. The zero-order valence-electron chi connectivity index (χ0n) is 11.7. The molecule has 0 aliphatic rings. The van der Waals surface area contributed by atoms with Crippen molar-refractivity contribution in [3.05, 3.63) is 70.3 Å². The molecule has 106 valence electrons. The average Bonchev–Trinajstić information content (AvgIpc) is 2.48. The zero-order valence-corrected chi connectivity index (χ0v) is 12.5. The van der Waals surface area contributed by atoms with Crippen LogP contribution in [-0.4, -0.2) is 20.1 Å². The summed E-state index contributed by atoms with van der Waals surface area (Å²) in [4.78, 5) is 20.4. The smallest absolute Gasteiger partial charge is 0.251 e. The molecule has 4 nitrogen and oxygen atoms in total. The van der Waals surface area contributed by atoms with Gasteiger partial charge in [-0.15, -0.1) is 0 Å². The minimum atomic E-state index is -0.276. The number of hydrogen-bond acceptors (Lipinski definition) is 4. The first-order valence-electron chi connectivity index (χ1n) is 6.76. The molecule has 0 atom stereocenters. The molecule has 21 heavy (non-hydrogen) atoms. The minimum absolute atomic E-state index is 0.276. The Hall–Kier alpha value is -2.14. The molecule has 0 aliphatic heterocycles. The number of hydrogen-bond donors (Lipinski definition) is 0. The molecule has 3 rings (SSSR count). The third kappa shape index (κ3) is 3.31. The lowest BCUT2D eigenvalue weighted by atomic mass is 10.2. The van der Waals surface area contributed by atoms with Gasteiger partial charge < -0.3 is 0 Å². The molecule has 0 N–H and O–H groups in total. The van der Waals surface area contributed by atoms with Crippen LogP contribution in [-0.2, 0) is 6.42 Å². The van der Waals surface area contributed by atoms with Gasteiger partial charge in [-0.1, -0.05) is 42.1 Å². The van der Waals surface area contributed by atoms with Crippen LogP contribution in [0.3, 0.4) is 0 Å². The highest BCUT2D eigenvalue weighted by molar-refractivity contribution is 7.99. The van der Waals surface area contributed by atoms with E-state index in [1.54, 1.807) is 6.20 Å². The van der Waals surface area contributed by atoms with Gasteiger partial charge in [0, 0.05) is 11.9 Å². The van der Waals surface area contributed by atoms with Gasteiger partial charge in [-0.05, 0) is 36.6 Å². The van der Waals surface area contributed by atoms with Crippen LogP contribution in [0.5, 0.6) is 0 Å². The molecule has 0 bridgehead atoms. The Kier molecular flexibility index (Phi) is 4.01. The number of nitrogens with zero attached hydrogens (tertiary/aromatic N) is 3.